The predicted octanol–water partition coefficient (Wildman–Crippen LogP) is 1.29. The predicted molar refractivity (Wildman–Crippen MR) is 72.6 cm³/mol. The van der Waals surface area contributed by atoms with Gasteiger partial charge in [0.15, 0.2) is 0 Å². The number of amides is 1. The number of benzene rings is 1. The van der Waals surface area contributed by atoms with E-state index in [4.69, 9.17) is 10.5 Å². The zero-order valence-electron chi connectivity index (χ0n) is 11.3. The molecule has 0 saturated carbocycles. The van der Waals surface area contributed by atoms with Gasteiger partial charge in [-0.05, 0) is 37.6 Å². The fraction of sp³-hybridized carbons (Fsp3) is 0.500. The zero-order chi connectivity index (χ0) is 13.5. The van der Waals surface area contributed by atoms with Crippen LogP contribution in [0.1, 0.15) is 22.8 Å². The highest BCUT2D eigenvalue weighted by atomic mass is 16.5. The third kappa shape index (κ3) is 4.13. The number of ether oxygens (including phenoxy) is 1. The van der Waals surface area contributed by atoms with E-state index in [1.807, 2.05) is 31.2 Å². The summed E-state index contributed by atoms with van der Waals surface area (Å²) < 4.78 is 5.15. The average molecular weight is 250 g/mol. The van der Waals surface area contributed by atoms with E-state index in [2.05, 4.69) is 0 Å². The number of rotatable bonds is 6. The van der Waals surface area contributed by atoms with Gasteiger partial charge in [0.25, 0.3) is 5.91 Å². The maximum Gasteiger partial charge on any atom is 0.253 e. The van der Waals surface area contributed by atoms with Gasteiger partial charge >= 0.3 is 0 Å². The second kappa shape index (κ2) is 7.13. The topological polar surface area (TPSA) is 55.6 Å². The number of likely N-dealkylation sites (N-methyl/N-ethyl adjacent to an activating group) is 1. The van der Waals surface area contributed by atoms with Crippen LogP contribution in [0.5, 0.6) is 0 Å². The van der Waals surface area contributed by atoms with Gasteiger partial charge in [0, 0.05) is 26.3 Å². The average Bonchev–Trinajstić information content (AvgIpc) is 2.39. The summed E-state index contributed by atoms with van der Waals surface area (Å²) in [6, 6.07) is 7.60. The Bertz CT molecular complexity index is 376. The summed E-state index contributed by atoms with van der Waals surface area (Å²) in [5.41, 5.74) is 7.34. The highest BCUT2D eigenvalue weighted by molar-refractivity contribution is 5.94. The minimum atomic E-state index is 0.0122. The lowest BCUT2D eigenvalue weighted by Crippen LogP contribution is -2.33. The molecule has 0 aliphatic heterocycles. The summed E-state index contributed by atoms with van der Waals surface area (Å²) in [5.74, 6) is 0.0122. The Morgan fingerprint density at radius 3 is 2.50 bits per heavy atom. The van der Waals surface area contributed by atoms with Gasteiger partial charge in [-0.15, -0.1) is 0 Å². The summed E-state index contributed by atoms with van der Waals surface area (Å²) in [7, 11) is 3.43. The molecule has 4 heteroatoms. The first-order chi connectivity index (χ1) is 8.58. The van der Waals surface area contributed by atoms with E-state index in [1.54, 1.807) is 19.1 Å². The number of hydrogen-bond donors (Lipinski definition) is 1. The van der Waals surface area contributed by atoms with Gasteiger partial charge in [-0.3, -0.25) is 4.79 Å². The first-order valence-corrected chi connectivity index (χ1v) is 6.15. The van der Waals surface area contributed by atoms with Crippen molar-refractivity contribution in [1.29, 1.82) is 0 Å². The minimum Gasteiger partial charge on any atom is -0.380 e. The molecule has 0 bridgehead atoms. The van der Waals surface area contributed by atoms with Gasteiger partial charge in [0.05, 0.1) is 6.10 Å². The molecule has 0 spiro atoms. The molecule has 100 valence electrons. The zero-order valence-corrected chi connectivity index (χ0v) is 11.3. The molecule has 1 amide bonds. The van der Waals surface area contributed by atoms with Gasteiger partial charge < -0.3 is 15.4 Å². The van der Waals surface area contributed by atoms with Gasteiger partial charge in [0.2, 0.25) is 0 Å². The van der Waals surface area contributed by atoms with Crippen LogP contribution in [-0.4, -0.2) is 44.2 Å². The summed E-state index contributed by atoms with van der Waals surface area (Å²) in [6.07, 6.45) is 0.876. The molecule has 1 aromatic rings. The molecule has 0 aliphatic rings. The molecule has 0 aliphatic carbocycles. The molecule has 4 nitrogen and oxygen atoms in total. The quantitative estimate of drug-likeness (QED) is 0.828. The van der Waals surface area contributed by atoms with Crippen LogP contribution in [0.25, 0.3) is 0 Å². The summed E-state index contributed by atoms with van der Waals surface area (Å²) >= 11 is 0. The number of carbonyl (C=O) groups is 1. The van der Waals surface area contributed by atoms with Crippen molar-refractivity contribution < 1.29 is 9.53 Å². The molecular weight excluding hydrogens is 228 g/mol. The SMILES string of the molecule is COC(C)CN(C)C(=O)c1ccc(CCN)cc1. The van der Waals surface area contributed by atoms with Crippen molar-refractivity contribution in [2.24, 2.45) is 5.73 Å². The van der Waals surface area contributed by atoms with Crippen LogP contribution in [0, 0.1) is 0 Å². The normalized spacial score (nSPS) is 12.2. The van der Waals surface area contributed by atoms with Crippen molar-refractivity contribution in [3.8, 4) is 0 Å². The van der Waals surface area contributed by atoms with Gasteiger partial charge in [0.1, 0.15) is 0 Å². The summed E-state index contributed by atoms with van der Waals surface area (Å²) in [5, 5.41) is 0. The van der Waals surface area contributed by atoms with E-state index < -0.39 is 0 Å². The van der Waals surface area contributed by atoms with Crippen molar-refractivity contribution in [2.45, 2.75) is 19.4 Å². The third-order valence-electron chi connectivity index (χ3n) is 2.91. The molecule has 1 atom stereocenters. The number of methoxy groups -OCH3 is 1. The van der Waals surface area contributed by atoms with E-state index in [0.29, 0.717) is 18.7 Å². The van der Waals surface area contributed by atoms with E-state index in [1.165, 1.54) is 0 Å². The van der Waals surface area contributed by atoms with Crippen LogP contribution < -0.4 is 5.73 Å². The summed E-state index contributed by atoms with van der Waals surface area (Å²) in [4.78, 5) is 13.8. The fourth-order valence-corrected chi connectivity index (χ4v) is 1.74. The molecule has 0 heterocycles. The van der Waals surface area contributed by atoms with Crippen LogP contribution >= 0.6 is 0 Å². The summed E-state index contributed by atoms with van der Waals surface area (Å²) in [6.45, 7) is 3.15. The molecule has 1 aromatic carbocycles. The molecule has 0 fully saturated rings. The Balaban J connectivity index is 2.65. The largest absolute Gasteiger partial charge is 0.380 e. The Kier molecular flexibility index (Phi) is 5.82. The molecule has 1 unspecified atom stereocenters. The standard InChI is InChI=1S/C14H22N2O2/c1-11(18-3)10-16(2)14(17)13-6-4-12(5-7-13)8-9-15/h4-7,11H,8-10,15H2,1-3H3. The smallest absolute Gasteiger partial charge is 0.253 e. The van der Waals surface area contributed by atoms with Gasteiger partial charge in [-0.2, -0.15) is 0 Å². The van der Waals surface area contributed by atoms with Crippen molar-refractivity contribution in [3.05, 3.63) is 35.4 Å². The first kappa shape index (κ1) is 14.7. The number of nitrogens with zero attached hydrogens (tertiary/aromatic N) is 1. The van der Waals surface area contributed by atoms with Crippen molar-refractivity contribution >= 4 is 5.91 Å². The van der Waals surface area contributed by atoms with Crippen LogP contribution in [0.3, 0.4) is 0 Å². The Morgan fingerprint density at radius 2 is 2.00 bits per heavy atom. The van der Waals surface area contributed by atoms with Crippen LogP contribution in [0.2, 0.25) is 0 Å². The Morgan fingerprint density at radius 1 is 1.39 bits per heavy atom. The maximum atomic E-state index is 12.1. The maximum absolute atomic E-state index is 12.1. The molecular formula is C14H22N2O2. The lowest BCUT2D eigenvalue weighted by atomic mass is 10.1. The second-order valence-corrected chi connectivity index (χ2v) is 4.47. The molecule has 2 N–H and O–H groups in total. The van der Waals surface area contributed by atoms with E-state index in [0.717, 1.165) is 12.0 Å². The van der Waals surface area contributed by atoms with Crippen LogP contribution in [0.15, 0.2) is 24.3 Å². The van der Waals surface area contributed by atoms with Crippen molar-refractivity contribution in [1.82, 2.24) is 4.90 Å². The number of nitrogens with two attached hydrogens (primary N) is 1. The molecule has 0 radical (unpaired) electrons. The van der Waals surface area contributed by atoms with Crippen LogP contribution in [-0.2, 0) is 11.2 Å². The van der Waals surface area contributed by atoms with Gasteiger partial charge in [-0.25, -0.2) is 0 Å². The van der Waals surface area contributed by atoms with Crippen molar-refractivity contribution in [2.75, 3.05) is 27.2 Å². The first-order valence-electron chi connectivity index (χ1n) is 6.15. The molecule has 1 rings (SSSR count). The highest BCUT2D eigenvalue weighted by Crippen LogP contribution is 2.08. The van der Waals surface area contributed by atoms with E-state index in [-0.39, 0.29) is 12.0 Å². The second-order valence-electron chi connectivity index (χ2n) is 4.47. The minimum absolute atomic E-state index is 0.0122. The Labute approximate surface area is 109 Å². The van der Waals surface area contributed by atoms with E-state index >= 15 is 0 Å². The monoisotopic (exact) mass is 250 g/mol. The van der Waals surface area contributed by atoms with Crippen molar-refractivity contribution in [3.63, 3.8) is 0 Å². The lowest BCUT2D eigenvalue weighted by Gasteiger charge is -2.20. The third-order valence-corrected chi connectivity index (χ3v) is 2.91. The van der Waals surface area contributed by atoms with E-state index in [9.17, 15) is 4.79 Å². The fourth-order valence-electron chi connectivity index (χ4n) is 1.74. The number of carbonyl (C=O) groups excluding carboxylic acids is 1. The molecule has 18 heavy (non-hydrogen) atoms. The molecule has 0 saturated heterocycles. The lowest BCUT2D eigenvalue weighted by molar-refractivity contribution is 0.0600. The molecule has 0 aromatic heterocycles. The Hall–Kier alpha value is -1.39. The highest BCUT2D eigenvalue weighted by Gasteiger charge is 2.13. The number of hydrogen-bond acceptors (Lipinski definition) is 3. The van der Waals surface area contributed by atoms with Gasteiger partial charge in [-0.1, -0.05) is 12.1 Å². The van der Waals surface area contributed by atoms with Crippen LogP contribution in [0.4, 0.5) is 0 Å².